The van der Waals surface area contributed by atoms with E-state index < -0.39 is 11.9 Å². The minimum absolute atomic E-state index is 0.0249. The molecular formula is C18H18F2N4O3S. The van der Waals surface area contributed by atoms with Gasteiger partial charge in [0.1, 0.15) is 5.75 Å². The summed E-state index contributed by atoms with van der Waals surface area (Å²) in [4.78, 5) is 12.5. The van der Waals surface area contributed by atoms with Gasteiger partial charge < -0.3 is 14.5 Å². The minimum Gasteiger partial charge on any atom is -0.461 e. The maximum Gasteiger partial charge on any atom is 0.387 e. The number of carbonyl (C=O) groups is 1. The molecular weight excluding hydrogens is 390 g/mol. The second-order valence-corrected chi connectivity index (χ2v) is 6.99. The summed E-state index contributed by atoms with van der Waals surface area (Å²) in [6, 6.07) is 9.28. The number of furan rings is 1. The minimum atomic E-state index is -2.89. The van der Waals surface area contributed by atoms with Gasteiger partial charge >= 0.3 is 6.61 Å². The third-order valence-corrected chi connectivity index (χ3v) is 4.85. The van der Waals surface area contributed by atoms with Crippen molar-refractivity contribution in [3.8, 4) is 17.3 Å². The second kappa shape index (κ2) is 8.87. The van der Waals surface area contributed by atoms with Gasteiger partial charge in [0, 0.05) is 12.2 Å². The van der Waals surface area contributed by atoms with Gasteiger partial charge in [-0.15, -0.1) is 10.2 Å². The number of amides is 1. The highest BCUT2D eigenvalue weighted by Crippen LogP contribution is 2.27. The Morgan fingerprint density at radius 1 is 1.29 bits per heavy atom. The Morgan fingerprint density at radius 3 is 2.64 bits per heavy atom. The Balaban J connectivity index is 1.64. The van der Waals surface area contributed by atoms with E-state index in [1.54, 1.807) is 25.3 Å². The van der Waals surface area contributed by atoms with Crippen molar-refractivity contribution >= 4 is 23.4 Å². The number of rotatable bonds is 8. The Labute approximate surface area is 164 Å². The largest absolute Gasteiger partial charge is 0.461 e. The molecule has 10 heteroatoms. The van der Waals surface area contributed by atoms with E-state index in [0.29, 0.717) is 29.0 Å². The first-order chi connectivity index (χ1) is 13.5. The van der Waals surface area contributed by atoms with Crippen molar-refractivity contribution in [1.82, 2.24) is 14.8 Å². The molecule has 1 aromatic carbocycles. The molecule has 0 radical (unpaired) electrons. The Hall–Kier alpha value is -2.88. The maximum atomic E-state index is 12.5. The average Bonchev–Trinajstić information content (AvgIpc) is 3.32. The van der Waals surface area contributed by atoms with Crippen molar-refractivity contribution in [2.24, 2.45) is 0 Å². The number of nitrogens with one attached hydrogen (secondary N) is 1. The number of anilines is 1. The van der Waals surface area contributed by atoms with Gasteiger partial charge in [-0.05, 0) is 50.2 Å². The summed E-state index contributed by atoms with van der Waals surface area (Å²) in [5, 5.41) is 11.2. The van der Waals surface area contributed by atoms with E-state index >= 15 is 0 Å². The lowest BCUT2D eigenvalue weighted by atomic mass is 10.3. The second-order valence-electron chi connectivity index (χ2n) is 5.68. The average molecular weight is 408 g/mol. The number of thioether (sulfide) groups is 1. The normalized spacial score (nSPS) is 12.2. The van der Waals surface area contributed by atoms with E-state index in [1.807, 2.05) is 11.5 Å². The van der Waals surface area contributed by atoms with E-state index in [2.05, 4.69) is 20.3 Å². The van der Waals surface area contributed by atoms with Crippen molar-refractivity contribution in [2.45, 2.75) is 37.4 Å². The molecule has 1 atom stereocenters. The zero-order valence-electron chi connectivity index (χ0n) is 15.1. The molecule has 0 fully saturated rings. The lowest BCUT2D eigenvalue weighted by Crippen LogP contribution is -2.23. The van der Waals surface area contributed by atoms with E-state index in [0.717, 1.165) is 0 Å². The van der Waals surface area contributed by atoms with E-state index in [1.165, 1.54) is 36.0 Å². The van der Waals surface area contributed by atoms with Gasteiger partial charge in [0.05, 0.1) is 11.5 Å². The van der Waals surface area contributed by atoms with Crippen molar-refractivity contribution in [2.75, 3.05) is 5.32 Å². The van der Waals surface area contributed by atoms with Crippen LogP contribution in [0.3, 0.4) is 0 Å². The Kier molecular flexibility index (Phi) is 6.30. The molecule has 1 unspecified atom stereocenters. The van der Waals surface area contributed by atoms with E-state index in [-0.39, 0.29) is 11.7 Å². The molecule has 0 spiro atoms. The molecule has 0 saturated heterocycles. The van der Waals surface area contributed by atoms with Gasteiger partial charge in [0.2, 0.25) is 5.91 Å². The summed E-state index contributed by atoms with van der Waals surface area (Å²) < 4.78 is 35.9. The highest BCUT2D eigenvalue weighted by molar-refractivity contribution is 8.00. The molecule has 3 rings (SSSR count). The van der Waals surface area contributed by atoms with Gasteiger partial charge in [0.25, 0.3) is 0 Å². The summed E-state index contributed by atoms with van der Waals surface area (Å²) in [5.41, 5.74) is 0.479. The molecule has 0 saturated carbocycles. The van der Waals surface area contributed by atoms with Crippen LogP contribution in [0.4, 0.5) is 14.5 Å². The van der Waals surface area contributed by atoms with Crippen LogP contribution in [0.5, 0.6) is 5.75 Å². The van der Waals surface area contributed by atoms with E-state index in [9.17, 15) is 13.6 Å². The molecule has 3 aromatic rings. The lowest BCUT2D eigenvalue weighted by molar-refractivity contribution is -0.115. The highest BCUT2D eigenvalue weighted by Gasteiger charge is 2.21. The number of benzene rings is 1. The number of hydrogen-bond acceptors (Lipinski definition) is 6. The fraction of sp³-hybridized carbons (Fsp3) is 0.278. The summed E-state index contributed by atoms with van der Waals surface area (Å²) in [5.74, 6) is 0.969. The van der Waals surface area contributed by atoms with Gasteiger partial charge in [-0.2, -0.15) is 8.78 Å². The molecule has 148 valence electrons. The number of carbonyl (C=O) groups excluding carboxylic acids is 1. The lowest BCUT2D eigenvalue weighted by Gasteiger charge is -2.13. The fourth-order valence-corrected chi connectivity index (χ4v) is 3.34. The predicted molar refractivity (Wildman–Crippen MR) is 100 cm³/mol. The number of aromatic nitrogens is 3. The van der Waals surface area contributed by atoms with Crippen LogP contribution in [0, 0.1) is 0 Å². The highest BCUT2D eigenvalue weighted by atomic mass is 32.2. The van der Waals surface area contributed by atoms with Crippen LogP contribution in [-0.4, -0.2) is 32.5 Å². The molecule has 0 bridgehead atoms. The molecule has 1 N–H and O–H groups in total. The third-order valence-electron chi connectivity index (χ3n) is 3.77. The van der Waals surface area contributed by atoms with Crippen molar-refractivity contribution in [3.05, 3.63) is 42.7 Å². The topological polar surface area (TPSA) is 82.2 Å². The Morgan fingerprint density at radius 2 is 2.04 bits per heavy atom. The van der Waals surface area contributed by atoms with Crippen LogP contribution in [0.1, 0.15) is 13.8 Å². The third kappa shape index (κ3) is 4.69. The predicted octanol–water partition coefficient (Wildman–Crippen LogP) is 4.28. The van der Waals surface area contributed by atoms with Crippen LogP contribution in [0.2, 0.25) is 0 Å². The van der Waals surface area contributed by atoms with Crippen LogP contribution < -0.4 is 10.1 Å². The van der Waals surface area contributed by atoms with Crippen LogP contribution in [-0.2, 0) is 11.3 Å². The molecule has 2 aromatic heterocycles. The van der Waals surface area contributed by atoms with E-state index in [4.69, 9.17) is 4.42 Å². The maximum absolute atomic E-state index is 12.5. The monoisotopic (exact) mass is 408 g/mol. The van der Waals surface area contributed by atoms with Gasteiger partial charge in [0.15, 0.2) is 16.7 Å². The summed E-state index contributed by atoms with van der Waals surface area (Å²) in [7, 11) is 0. The number of halogens is 2. The van der Waals surface area contributed by atoms with Gasteiger partial charge in [-0.3, -0.25) is 9.36 Å². The fourth-order valence-electron chi connectivity index (χ4n) is 2.42. The zero-order chi connectivity index (χ0) is 20.1. The van der Waals surface area contributed by atoms with Crippen LogP contribution in [0.15, 0.2) is 52.2 Å². The number of alkyl halides is 2. The first kappa shape index (κ1) is 19.9. The van der Waals surface area contributed by atoms with Crippen molar-refractivity contribution in [1.29, 1.82) is 0 Å². The number of ether oxygens (including phenoxy) is 1. The molecule has 0 aliphatic rings. The summed E-state index contributed by atoms with van der Waals surface area (Å²) in [6.07, 6.45) is 1.56. The quantitative estimate of drug-likeness (QED) is 0.560. The summed E-state index contributed by atoms with van der Waals surface area (Å²) in [6.45, 7) is 1.42. The van der Waals surface area contributed by atoms with Crippen LogP contribution >= 0.6 is 11.8 Å². The molecule has 28 heavy (non-hydrogen) atoms. The number of nitrogens with zero attached hydrogens (tertiary/aromatic N) is 3. The Bertz CT molecular complexity index is 914. The molecule has 0 aliphatic carbocycles. The molecule has 2 heterocycles. The zero-order valence-corrected chi connectivity index (χ0v) is 16.0. The van der Waals surface area contributed by atoms with Gasteiger partial charge in [-0.1, -0.05) is 11.8 Å². The van der Waals surface area contributed by atoms with Crippen LogP contribution in [0.25, 0.3) is 11.6 Å². The van der Waals surface area contributed by atoms with Gasteiger partial charge in [-0.25, -0.2) is 0 Å². The smallest absolute Gasteiger partial charge is 0.387 e. The standard InChI is InChI=1S/C18H18F2N4O3S/c1-3-24-15(14-5-4-10-26-14)22-23-18(24)28-11(2)16(25)21-12-6-8-13(9-7-12)27-17(19)20/h4-11,17H,3H2,1-2H3,(H,21,25). The van der Waals surface area contributed by atoms with Crippen molar-refractivity contribution < 1.29 is 22.7 Å². The SMILES string of the molecule is CCn1c(SC(C)C(=O)Nc2ccc(OC(F)F)cc2)nnc1-c1ccco1. The molecule has 7 nitrogen and oxygen atoms in total. The molecule has 0 aliphatic heterocycles. The molecule has 1 amide bonds. The first-order valence-electron chi connectivity index (χ1n) is 8.47. The summed E-state index contributed by atoms with van der Waals surface area (Å²) >= 11 is 1.26. The first-order valence-corrected chi connectivity index (χ1v) is 9.35. The number of hydrogen-bond donors (Lipinski definition) is 1. The van der Waals surface area contributed by atoms with Crippen molar-refractivity contribution in [3.63, 3.8) is 0 Å².